The molecular weight excluding hydrogens is 330 g/mol. The molecule has 0 radical (unpaired) electrons. The molecule has 128 valence electrons. The van der Waals surface area contributed by atoms with Crippen LogP contribution in [0.15, 0.2) is 34.9 Å². The number of nitrogens with one attached hydrogen (secondary N) is 1. The number of carbonyl (C=O) groups excluding carboxylic acids is 1. The molecule has 7 nitrogen and oxygen atoms in total. The van der Waals surface area contributed by atoms with Crippen molar-refractivity contribution < 1.29 is 17.7 Å². The summed E-state index contributed by atoms with van der Waals surface area (Å²) in [5, 5.41) is 6.43. The highest BCUT2D eigenvalue weighted by molar-refractivity contribution is 7.91. The van der Waals surface area contributed by atoms with Gasteiger partial charge in [0.1, 0.15) is 5.76 Å². The maximum absolute atomic E-state index is 12.0. The number of aromatic nitrogens is 1. The molecule has 2 aromatic rings. The zero-order valence-corrected chi connectivity index (χ0v) is 14.2. The monoisotopic (exact) mass is 349 g/mol. The van der Waals surface area contributed by atoms with Gasteiger partial charge in [0, 0.05) is 31.4 Å². The van der Waals surface area contributed by atoms with Crippen LogP contribution in [-0.4, -0.2) is 49.0 Å². The van der Waals surface area contributed by atoms with Gasteiger partial charge < -0.3 is 9.84 Å². The van der Waals surface area contributed by atoms with Gasteiger partial charge >= 0.3 is 0 Å². The second-order valence-corrected chi connectivity index (χ2v) is 8.21. The van der Waals surface area contributed by atoms with Crippen LogP contribution in [0.5, 0.6) is 0 Å². The van der Waals surface area contributed by atoms with Crippen molar-refractivity contribution in [2.24, 2.45) is 0 Å². The predicted octanol–water partition coefficient (Wildman–Crippen LogP) is 1.47. The van der Waals surface area contributed by atoms with Gasteiger partial charge in [-0.2, -0.15) is 0 Å². The Morgan fingerprint density at radius 2 is 1.92 bits per heavy atom. The second-order valence-electron chi connectivity index (χ2n) is 5.90. The summed E-state index contributed by atoms with van der Waals surface area (Å²) in [6.45, 7) is 3.55. The van der Waals surface area contributed by atoms with E-state index in [1.54, 1.807) is 13.0 Å². The minimum absolute atomic E-state index is 0.220. The average molecular weight is 349 g/mol. The van der Waals surface area contributed by atoms with Gasteiger partial charge in [-0.25, -0.2) is 8.42 Å². The first-order chi connectivity index (χ1) is 11.4. The van der Waals surface area contributed by atoms with Crippen LogP contribution in [0.1, 0.15) is 21.8 Å². The summed E-state index contributed by atoms with van der Waals surface area (Å²) in [6, 6.07) is 9.06. The van der Waals surface area contributed by atoms with Gasteiger partial charge in [-0.15, -0.1) is 0 Å². The summed E-state index contributed by atoms with van der Waals surface area (Å²) in [7, 11) is -2.86. The number of nitrogens with zero attached hydrogens (tertiary/aromatic N) is 2. The molecule has 3 rings (SSSR count). The van der Waals surface area contributed by atoms with Crippen molar-refractivity contribution in [2.75, 3.05) is 29.9 Å². The third kappa shape index (κ3) is 4.21. The van der Waals surface area contributed by atoms with Crippen LogP contribution in [0.2, 0.25) is 0 Å². The Hall–Kier alpha value is -2.19. The van der Waals surface area contributed by atoms with E-state index in [-0.39, 0.29) is 23.1 Å². The lowest BCUT2D eigenvalue weighted by Crippen LogP contribution is -2.39. The SMILES string of the molecule is Cc1cc(C(=O)Nc2ccc(CN3CCS(=O)(=O)CC3)cc2)no1. The number of anilines is 1. The number of amides is 1. The normalized spacial score (nSPS) is 17.5. The molecule has 0 atom stereocenters. The Balaban J connectivity index is 1.56. The molecule has 0 bridgehead atoms. The molecule has 8 heteroatoms. The van der Waals surface area contributed by atoms with Gasteiger partial charge in [0.2, 0.25) is 0 Å². The van der Waals surface area contributed by atoms with Crippen LogP contribution in [0.25, 0.3) is 0 Å². The van der Waals surface area contributed by atoms with Crippen LogP contribution < -0.4 is 5.32 Å². The Kier molecular flexibility index (Phi) is 4.68. The molecule has 1 N–H and O–H groups in total. The van der Waals surface area contributed by atoms with Gasteiger partial charge in [0.05, 0.1) is 11.5 Å². The van der Waals surface area contributed by atoms with Crippen LogP contribution in [-0.2, 0) is 16.4 Å². The third-order valence-electron chi connectivity index (χ3n) is 3.92. The van der Waals surface area contributed by atoms with E-state index in [1.807, 2.05) is 24.3 Å². The van der Waals surface area contributed by atoms with Crippen LogP contribution in [0.3, 0.4) is 0 Å². The lowest BCUT2D eigenvalue weighted by atomic mass is 10.2. The lowest BCUT2D eigenvalue weighted by Gasteiger charge is -2.26. The van der Waals surface area contributed by atoms with Crippen LogP contribution in [0.4, 0.5) is 5.69 Å². The van der Waals surface area contributed by atoms with E-state index < -0.39 is 9.84 Å². The van der Waals surface area contributed by atoms with Crippen LogP contribution >= 0.6 is 0 Å². The zero-order chi connectivity index (χ0) is 17.2. The molecule has 1 aliphatic heterocycles. The third-order valence-corrected chi connectivity index (χ3v) is 5.52. The van der Waals surface area contributed by atoms with E-state index in [1.165, 1.54) is 0 Å². The van der Waals surface area contributed by atoms with Crippen LogP contribution in [0, 0.1) is 6.92 Å². The molecule has 2 heterocycles. The molecular formula is C16H19N3O4S. The Bertz CT molecular complexity index is 813. The molecule has 1 aliphatic rings. The Morgan fingerprint density at radius 3 is 2.50 bits per heavy atom. The highest BCUT2D eigenvalue weighted by Gasteiger charge is 2.21. The summed E-state index contributed by atoms with van der Waals surface area (Å²) in [6.07, 6.45) is 0. The zero-order valence-electron chi connectivity index (χ0n) is 13.4. The molecule has 1 fully saturated rings. The largest absolute Gasteiger partial charge is 0.361 e. The number of rotatable bonds is 4. The highest BCUT2D eigenvalue weighted by Crippen LogP contribution is 2.14. The maximum atomic E-state index is 12.0. The molecule has 0 aliphatic carbocycles. The van der Waals surface area contributed by atoms with Crippen molar-refractivity contribution in [3.63, 3.8) is 0 Å². The number of aryl methyl sites for hydroxylation is 1. The maximum Gasteiger partial charge on any atom is 0.277 e. The van der Waals surface area contributed by atoms with Gasteiger partial charge in [0.25, 0.3) is 5.91 Å². The van der Waals surface area contributed by atoms with Crippen molar-refractivity contribution >= 4 is 21.4 Å². The van der Waals surface area contributed by atoms with Crippen molar-refractivity contribution in [3.05, 3.63) is 47.3 Å². The number of benzene rings is 1. The minimum Gasteiger partial charge on any atom is -0.361 e. The average Bonchev–Trinajstić information content (AvgIpc) is 2.98. The molecule has 0 saturated carbocycles. The summed E-state index contributed by atoms with van der Waals surface area (Å²) < 4.78 is 27.8. The van der Waals surface area contributed by atoms with E-state index >= 15 is 0 Å². The molecule has 1 amide bonds. The van der Waals surface area contributed by atoms with Crippen molar-refractivity contribution in [1.82, 2.24) is 10.1 Å². The fourth-order valence-electron chi connectivity index (χ4n) is 2.53. The summed E-state index contributed by atoms with van der Waals surface area (Å²) in [4.78, 5) is 14.1. The minimum atomic E-state index is -2.86. The van der Waals surface area contributed by atoms with E-state index in [9.17, 15) is 13.2 Å². The Morgan fingerprint density at radius 1 is 1.25 bits per heavy atom. The summed E-state index contributed by atoms with van der Waals surface area (Å²) >= 11 is 0. The molecule has 1 aromatic carbocycles. The molecule has 0 spiro atoms. The molecule has 1 aromatic heterocycles. The molecule has 1 saturated heterocycles. The summed E-state index contributed by atoms with van der Waals surface area (Å²) in [5.74, 6) is 0.705. The van der Waals surface area contributed by atoms with E-state index in [2.05, 4.69) is 15.4 Å². The van der Waals surface area contributed by atoms with Crippen molar-refractivity contribution in [1.29, 1.82) is 0 Å². The van der Waals surface area contributed by atoms with Gasteiger partial charge in [-0.1, -0.05) is 17.3 Å². The van der Waals surface area contributed by atoms with E-state index in [4.69, 9.17) is 4.52 Å². The predicted molar refractivity (Wildman–Crippen MR) is 89.6 cm³/mol. The Labute approximate surface area is 140 Å². The fourth-order valence-corrected chi connectivity index (χ4v) is 3.81. The van der Waals surface area contributed by atoms with Gasteiger partial charge in [0.15, 0.2) is 15.5 Å². The fraction of sp³-hybridized carbons (Fsp3) is 0.375. The number of carbonyl (C=O) groups is 1. The van der Waals surface area contributed by atoms with Gasteiger partial charge in [-0.05, 0) is 24.6 Å². The first-order valence-electron chi connectivity index (χ1n) is 7.68. The second kappa shape index (κ2) is 6.74. The topological polar surface area (TPSA) is 92.5 Å². The smallest absolute Gasteiger partial charge is 0.277 e. The lowest BCUT2D eigenvalue weighted by molar-refractivity contribution is 0.101. The highest BCUT2D eigenvalue weighted by atomic mass is 32.2. The van der Waals surface area contributed by atoms with E-state index in [0.29, 0.717) is 31.1 Å². The first kappa shape index (κ1) is 16.7. The molecule has 0 unspecified atom stereocenters. The quantitative estimate of drug-likeness (QED) is 0.898. The summed E-state index contributed by atoms with van der Waals surface area (Å²) in [5.41, 5.74) is 1.99. The molecule has 24 heavy (non-hydrogen) atoms. The van der Waals surface area contributed by atoms with Gasteiger partial charge in [-0.3, -0.25) is 9.69 Å². The van der Waals surface area contributed by atoms with E-state index in [0.717, 1.165) is 5.56 Å². The van der Waals surface area contributed by atoms with Crippen molar-refractivity contribution in [3.8, 4) is 0 Å². The standard InChI is InChI=1S/C16H19N3O4S/c1-12-10-15(18-23-12)16(20)17-14-4-2-13(3-5-14)11-19-6-8-24(21,22)9-7-19/h2-5,10H,6-9,11H2,1H3,(H,17,20). The van der Waals surface area contributed by atoms with Crippen molar-refractivity contribution in [2.45, 2.75) is 13.5 Å². The number of hydrogen-bond donors (Lipinski definition) is 1. The first-order valence-corrected chi connectivity index (χ1v) is 9.50. The number of hydrogen-bond acceptors (Lipinski definition) is 6. The number of sulfone groups is 1.